The molecule has 2 aromatic carbocycles. The monoisotopic (exact) mass is 475 g/mol. The Labute approximate surface area is 203 Å². The van der Waals surface area contributed by atoms with Crippen LogP contribution in [0.15, 0.2) is 47.8 Å². The Balaban J connectivity index is 1.30. The molecule has 1 unspecified atom stereocenters. The lowest BCUT2D eigenvalue weighted by molar-refractivity contribution is -0.119. The van der Waals surface area contributed by atoms with E-state index < -0.39 is 0 Å². The van der Waals surface area contributed by atoms with Gasteiger partial charge in [-0.15, -0.1) is 11.3 Å². The maximum atomic E-state index is 12.6. The van der Waals surface area contributed by atoms with Crippen molar-refractivity contribution < 1.29 is 14.4 Å². The minimum atomic E-state index is -0.216. The second-order valence-corrected chi connectivity index (χ2v) is 9.60. The molecule has 34 heavy (non-hydrogen) atoms. The summed E-state index contributed by atoms with van der Waals surface area (Å²) in [7, 11) is 0. The number of aromatic nitrogens is 1. The number of carbonyl (C=O) groups is 3. The molecule has 3 aromatic rings. The summed E-state index contributed by atoms with van der Waals surface area (Å²) >= 11 is 1.35. The van der Waals surface area contributed by atoms with E-state index in [2.05, 4.69) is 21.7 Å². The zero-order valence-electron chi connectivity index (χ0n) is 19.5. The number of hydrogen-bond acceptors (Lipinski definition) is 5. The molecular formula is C27H29N3O3S. The van der Waals surface area contributed by atoms with Crippen LogP contribution in [0.4, 0.5) is 5.13 Å². The van der Waals surface area contributed by atoms with Crippen LogP contribution in [-0.4, -0.2) is 22.6 Å². The average Bonchev–Trinajstić information content (AvgIpc) is 3.30. The van der Waals surface area contributed by atoms with Gasteiger partial charge in [-0.3, -0.25) is 14.4 Å². The Morgan fingerprint density at radius 3 is 2.47 bits per heavy atom. The molecule has 0 radical (unpaired) electrons. The van der Waals surface area contributed by atoms with Crippen molar-refractivity contribution in [3.63, 3.8) is 0 Å². The summed E-state index contributed by atoms with van der Waals surface area (Å²) < 4.78 is 0. The number of nitrogens with one attached hydrogen (secondary N) is 2. The quantitative estimate of drug-likeness (QED) is 0.422. The lowest BCUT2D eigenvalue weighted by Gasteiger charge is -2.16. The minimum absolute atomic E-state index is 0.00284. The number of aryl methyl sites for hydroxylation is 2. The maximum Gasteiger partial charge on any atom is 0.226 e. The van der Waals surface area contributed by atoms with E-state index in [1.54, 1.807) is 0 Å². The van der Waals surface area contributed by atoms with E-state index in [0.717, 1.165) is 29.7 Å². The fraction of sp³-hybridized carbons (Fsp3) is 0.333. The number of nitrogens with zero attached hydrogens (tertiary/aromatic N) is 1. The summed E-state index contributed by atoms with van der Waals surface area (Å²) in [5, 5.41) is 8.07. The van der Waals surface area contributed by atoms with Crippen LogP contribution in [0.5, 0.6) is 0 Å². The molecule has 2 amide bonds. The highest BCUT2D eigenvalue weighted by Gasteiger charge is 2.15. The molecule has 1 heterocycles. The van der Waals surface area contributed by atoms with Crippen molar-refractivity contribution in [2.45, 2.75) is 58.4 Å². The predicted molar refractivity (Wildman–Crippen MR) is 135 cm³/mol. The summed E-state index contributed by atoms with van der Waals surface area (Å²) in [4.78, 5) is 40.7. The largest absolute Gasteiger partial charge is 0.350 e. The summed E-state index contributed by atoms with van der Waals surface area (Å²) in [6, 6.07) is 13.7. The van der Waals surface area contributed by atoms with Crippen molar-refractivity contribution >= 4 is 34.1 Å². The van der Waals surface area contributed by atoms with Crippen LogP contribution in [0.2, 0.25) is 0 Å². The zero-order chi connectivity index (χ0) is 24.1. The maximum absolute atomic E-state index is 12.6. The topological polar surface area (TPSA) is 88.2 Å². The van der Waals surface area contributed by atoms with Gasteiger partial charge in [0.15, 0.2) is 10.9 Å². The molecule has 0 saturated heterocycles. The van der Waals surface area contributed by atoms with Crippen molar-refractivity contribution in [2.75, 3.05) is 5.32 Å². The molecule has 1 atom stereocenters. The van der Waals surface area contributed by atoms with E-state index in [-0.39, 0.29) is 36.5 Å². The van der Waals surface area contributed by atoms with Crippen LogP contribution in [0, 0.1) is 0 Å². The van der Waals surface area contributed by atoms with Gasteiger partial charge in [-0.1, -0.05) is 36.4 Å². The first-order chi connectivity index (χ1) is 16.4. The summed E-state index contributed by atoms with van der Waals surface area (Å²) in [5.74, 6) is -0.288. The van der Waals surface area contributed by atoms with Crippen LogP contribution in [0.1, 0.15) is 72.6 Å². The molecule has 0 aliphatic heterocycles. The molecule has 1 aliphatic rings. The first kappa shape index (κ1) is 23.8. The zero-order valence-corrected chi connectivity index (χ0v) is 20.3. The molecule has 6 nitrogen and oxygen atoms in total. The molecule has 0 spiro atoms. The number of benzene rings is 2. The average molecular weight is 476 g/mol. The smallest absolute Gasteiger partial charge is 0.226 e. The summed E-state index contributed by atoms with van der Waals surface area (Å²) in [6.45, 7) is 3.43. The third-order valence-corrected chi connectivity index (χ3v) is 6.88. The number of ketones is 1. The van der Waals surface area contributed by atoms with E-state index in [1.165, 1.54) is 42.2 Å². The van der Waals surface area contributed by atoms with Crippen LogP contribution in [-0.2, 0) is 22.4 Å². The van der Waals surface area contributed by atoms with E-state index >= 15 is 0 Å². The fourth-order valence-corrected chi connectivity index (χ4v) is 4.99. The highest BCUT2D eigenvalue weighted by Crippen LogP contribution is 2.27. The second-order valence-electron chi connectivity index (χ2n) is 8.74. The van der Waals surface area contributed by atoms with Gasteiger partial charge in [-0.2, -0.15) is 0 Å². The minimum Gasteiger partial charge on any atom is -0.350 e. The number of carbonyl (C=O) groups excluding carboxylic acids is 3. The fourth-order valence-electron chi connectivity index (χ4n) is 4.25. The molecule has 0 bridgehead atoms. The highest BCUT2D eigenvalue weighted by molar-refractivity contribution is 7.14. The SMILES string of the molecule is CC(=O)NC(C)c1ccc(-c2csc(NC(=O)CCC(=O)c3ccc4c(c3)CCCC4)n2)cc1. The van der Waals surface area contributed by atoms with E-state index in [4.69, 9.17) is 0 Å². The first-order valence-corrected chi connectivity index (χ1v) is 12.5. The number of fused-ring (bicyclic) bond motifs is 1. The standard InChI is InChI=1S/C27H29N3O3S/c1-17(28-18(2)31)19-7-10-21(11-8-19)24-16-34-27(29-24)30-26(33)14-13-25(32)23-12-9-20-5-3-4-6-22(20)15-23/h7-12,15-17H,3-6,13-14H2,1-2H3,(H,28,31)(H,29,30,33). The van der Waals surface area contributed by atoms with Crippen molar-refractivity contribution in [3.8, 4) is 11.3 Å². The van der Waals surface area contributed by atoms with Crippen molar-refractivity contribution in [2.24, 2.45) is 0 Å². The van der Waals surface area contributed by atoms with Gasteiger partial charge in [0.05, 0.1) is 11.7 Å². The van der Waals surface area contributed by atoms with Gasteiger partial charge in [0.1, 0.15) is 0 Å². The molecule has 4 rings (SSSR count). The molecule has 2 N–H and O–H groups in total. The lowest BCUT2D eigenvalue weighted by atomic mass is 9.89. The van der Waals surface area contributed by atoms with Gasteiger partial charge < -0.3 is 10.6 Å². The van der Waals surface area contributed by atoms with Gasteiger partial charge in [0.25, 0.3) is 0 Å². The molecule has 1 aromatic heterocycles. The van der Waals surface area contributed by atoms with Gasteiger partial charge in [0.2, 0.25) is 11.8 Å². The van der Waals surface area contributed by atoms with E-state index in [0.29, 0.717) is 10.7 Å². The van der Waals surface area contributed by atoms with Gasteiger partial charge in [-0.05, 0) is 55.4 Å². The normalized spacial score (nSPS) is 13.6. The van der Waals surface area contributed by atoms with Crippen LogP contribution >= 0.6 is 11.3 Å². The predicted octanol–water partition coefficient (Wildman–Crippen LogP) is 5.49. The number of rotatable bonds is 8. The van der Waals surface area contributed by atoms with Crippen LogP contribution < -0.4 is 10.6 Å². The van der Waals surface area contributed by atoms with Crippen molar-refractivity contribution in [3.05, 3.63) is 70.1 Å². The first-order valence-electron chi connectivity index (χ1n) is 11.7. The Bertz CT molecular complexity index is 1200. The Kier molecular flexibility index (Phi) is 7.53. The number of hydrogen-bond donors (Lipinski definition) is 2. The number of Topliss-reactive ketones (excluding diaryl/α,β-unsaturated/α-hetero) is 1. The Morgan fingerprint density at radius 1 is 1.00 bits per heavy atom. The summed E-state index contributed by atoms with van der Waals surface area (Å²) in [6.07, 6.45) is 4.80. The third kappa shape index (κ3) is 5.97. The Morgan fingerprint density at radius 2 is 1.74 bits per heavy atom. The third-order valence-electron chi connectivity index (χ3n) is 6.13. The number of anilines is 1. The molecule has 176 valence electrons. The van der Waals surface area contributed by atoms with Gasteiger partial charge in [0, 0.05) is 36.3 Å². The van der Waals surface area contributed by atoms with Gasteiger partial charge in [-0.25, -0.2) is 4.98 Å². The van der Waals surface area contributed by atoms with Crippen LogP contribution in [0.3, 0.4) is 0 Å². The van der Waals surface area contributed by atoms with E-state index in [9.17, 15) is 14.4 Å². The highest BCUT2D eigenvalue weighted by atomic mass is 32.1. The molecule has 0 saturated carbocycles. The molecule has 1 aliphatic carbocycles. The lowest BCUT2D eigenvalue weighted by Crippen LogP contribution is -2.23. The van der Waals surface area contributed by atoms with Crippen molar-refractivity contribution in [1.29, 1.82) is 0 Å². The number of thiazole rings is 1. The molecule has 0 fully saturated rings. The van der Waals surface area contributed by atoms with Crippen LogP contribution in [0.25, 0.3) is 11.3 Å². The Hall–Kier alpha value is -3.32. The second kappa shape index (κ2) is 10.7. The molecular weight excluding hydrogens is 446 g/mol. The molecule has 7 heteroatoms. The van der Waals surface area contributed by atoms with Crippen molar-refractivity contribution in [1.82, 2.24) is 10.3 Å². The number of amides is 2. The van der Waals surface area contributed by atoms with Gasteiger partial charge >= 0.3 is 0 Å². The van der Waals surface area contributed by atoms with E-state index in [1.807, 2.05) is 48.7 Å². The summed E-state index contributed by atoms with van der Waals surface area (Å²) in [5.41, 5.74) is 6.02.